The third-order valence-corrected chi connectivity index (χ3v) is 7.54. The lowest BCUT2D eigenvalue weighted by molar-refractivity contribution is -0.119. The Kier molecular flexibility index (Phi) is 4.83. The van der Waals surface area contributed by atoms with Crippen LogP contribution in [0.3, 0.4) is 0 Å². The van der Waals surface area contributed by atoms with E-state index in [0.29, 0.717) is 21.9 Å². The molecule has 4 heterocycles. The van der Waals surface area contributed by atoms with Gasteiger partial charge in [0, 0.05) is 24.4 Å². The van der Waals surface area contributed by atoms with Crippen LogP contribution in [0, 0.1) is 6.92 Å². The van der Waals surface area contributed by atoms with Crippen molar-refractivity contribution in [3.8, 4) is 5.69 Å². The van der Waals surface area contributed by atoms with E-state index in [2.05, 4.69) is 11.2 Å². The number of aryl methyl sites for hydroxylation is 2. The summed E-state index contributed by atoms with van der Waals surface area (Å²) in [6.07, 6.45) is 3.82. The van der Waals surface area contributed by atoms with E-state index < -0.39 is 0 Å². The molecule has 1 atom stereocenters. The maximum atomic E-state index is 13.4. The highest BCUT2D eigenvalue weighted by Crippen LogP contribution is 2.35. The summed E-state index contributed by atoms with van der Waals surface area (Å²) < 4.78 is 3.41. The smallest absolute Gasteiger partial charge is 0.265 e. The summed E-state index contributed by atoms with van der Waals surface area (Å²) in [6.45, 7) is 2.74. The Hall–Kier alpha value is -3.39. The number of benzene rings is 2. The van der Waals surface area contributed by atoms with E-state index in [-0.39, 0.29) is 23.9 Å². The molecule has 2 aromatic carbocycles. The van der Waals surface area contributed by atoms with Crippen LogP contribution in [-0.2, 0) is 11.2 Å². The number of anilines is 1. The van der Waals surface area contributed by atoms with Gasteiger partial charge in [-0.2, -0.15) is 5.10 Å². The number of rotatable bonds is 3. The van der Waals surface area contributed by atoms with Crippen molar-refractivity contribution >= 4 is 34.4 Å². The zero-order valence-corrected chi connectivity index (χ0v) is 19.1. The molecule has 166 valence electrons. The second-order valence-electron chi connectivity index (χ2n) is 8.65. The van der Waals surface area contributed by atoms with E-state index in [9.17, 15) is 9.59 Å². The molecule has 1 unspecified atom stereocenters. The van der Waals surface area contributed by atoms with Crippen LogP contribution in [0.15, 0.2) is 64.7 Å². The Balaban J connectivity index is 1.34. The van der Waals surface area contributed by atoms with Crippen molar-refractivity contribution in [3.05, 3.63) is 76.2 Å². The van der Waals surface area contributed by atoms with Gasteiger partial charge in [0.15, 0.2) is 10.8 Å². The first kappa shape index (κ1) is 20.2. The fourth-order valence-corrected chi connectivity index (χ4v) is 5.96. The van der Waals surface area contributed by atoms with E-state index in [1.165, 1.54) is 17.3 Å². The molecular formula is C25H23N5O2S. The lowest BCUT2D eigenvalue weighted by Gasteiger charge is -2.30. The van der Waals surface area contributed by atoms with Gasteiger partial charge in [0.25, 0.3) is 5.56 Å². The number of aromatic nitrogens is 4. The third-order valence-electron chi connectivity index (χ3n) is 6.44. The van der Waals surface area contributed by atoms with E-state index in [1.807, 2.05) is 54.3 Å². The van der Waals surface area contributed by atoms with E-state index >= 15 is 0 Å². The Morgan fingerprint density at radius 3 is 2.94 bits per heavy atom. The van der Waals surface area contributed by atoms with Crippen LogP contribution < -0.4 is 10.5 Å². The Morgan fingerprint density at radius 2 is 2.06 bits per heavy atom. The summed E-state index contributed by atoms with van der Waals surface area (Å²) in [7, 11) is 0. The molecule has 0 fully saturated rings. The second kappa shape index (κ2) is 7.88. The number of carbonyl (C=O) groups is 1. The maximum absolute atomic E-state index is 13.4. The fourth-order valence-electron chi connectivity index (χ4n) is 4.83. The number of fused-ring (bicyclic) bond motifs is 3. The number of carbonyl (C=O) groups excluding carboxylic acids is 1. The van der Waals surface area contributed by atoms with Crippen molar-refractivity contribution in [2.24, 2.45) is 0 Å². The molecule has 0 N–H and O–H groups in total. The van der Waals surface area contributed by atoms with Gasteiger partial charge in [0.2, 0.25) is 5.91 Å². The lowest BCUT2D eigenvalue weighted by atomic mass is 10.0. The zero-order chi connectivity index (χ0) is 22.5. The van der Waals surface area contributed by atoms with Gasteiger partial charge < -0.3 is 4.90 Å². The molecule has 6 rings (SSSR count). The van der Waals surface area contributed by atoms with E-state index in [4.69, 9.17) is 4.98 Å². The minimum absolute atomic E-state index is 0.0584. The number of hydrogen-bond acceptors (Lipinski definition) is 5. The predicted octanol–water partition coefficient (Wildman–Crippen LogP) is 3.91. The molecule has 0 bridgehead atoms. The van der Waals surface area contributed by atoms with Crippen LogP contribution in [0.4, 0.5) is 5.69 Å². The van der Waals surface area contributed by atoms with Crippen LogP contribution >= 0.6 is 11.8 Å². The molecule has 0 radical (unpaired) electrons. The van der Waals surface area contributed by atoms with Crippen LogP contribution in [-0.4, -0.2) is 37.5 Å². The molecule has 7 nitrogen and oxygen atoms in total. The average molecular weight is 458 g/mol. The first-order chi connectivity index (χ1) is 16.1. The number of nitrogens with zero attached hydrogens (tertiary/aromatic N) is 5. The minimum atomic E-state index is -0.210. The van der Waals surface area contributed by atoms with Crippen molar-refractivity contribution in [3.63, 3.8) is 0 Å². The van der Waals surface area contributed by atoms with Crippen molar-refractivity contribution in [2.45, 2.75) is 37.4 Å². The van der Waals surface area contributed by atoms with E-state index in [1.54, 1.807) is 15.4 Å². The Labute approximate surface area is 195 Å². The van der Waals surface area contributed by atoms with Gasteiger partial charge >= 0.3 is 0 Å². The van der Waals surface area contributed by atoms with Gasteiger partial charge in [-0.25, -0.2) is 9.67 Å². The second-order valence-corrected chi connectivity index (χ2v) is 9.64. The molecule has 2 aromatic heterocycles. The summed E-state index contributed by atoms with van der Waals surface area (Å²) in [5, 5.41) is 5.58. The van der Waals surface area contributed by atoms with Gasteiger partial charge in [-0.15, -0.1) is 0 Å². The van der Waals surface area contributed by atoms with Crippen LogP contribution in [0.5, 0.6) is 0 Å². The third kappa shape index (κ3) is 3.36. The molecule has 2 aliphatic heterocycles. The van der Waals surface area contributed by atoms with Gasteiger partial charge in [-0.3, -0.25) is 14.2 Å². The summed E-state index contributed by atoms with van der Waals surface area (Å²) in [5.41, 5.74) is 4.63. The van der Waals surface area contributed by atoms with Gasteiger partial charge in [-0.05, 0) is 49.1 Å². The maximum Gasteiger partial charge on any atom is 0.265 e. The van der Waals surface area contributed by atoms with Crippen LogP contribution in [0.25, 0.3) is 16.7 Å². The number of hydrogen-bond donors (Lipinski definition) is 0. The highest BCUT2D eigenvalue weighted by molar-refractivity contribution is 7.99. The highest BCUT2D eigenvalue weighted by atomic mass is 32.2. The summed E-state index contributed by atoms with van der Waals surface area (Å²) in [5.74, 6) is 0.719. The number of thioether (sulfide) groups is 1. The zero-order valence-electron chi connectivity index (χ0n) is 18.3. The van der Waals surface area contributed by atoms with Crippen LogP contribution in [0.1, 0.15) is 30.0 Å². The molecular weight excluding hydrogens is 434 g/mol. The Bertz CT molecular complexity index is 1460. The molecule has 0 spiro atoms. The molecule has 2 aliphatic rings. The van der Waals surface area contributed by atoms with Crippen LogP contribution in [0.2, 0.25) is 0 Å². The van der Waals surface area contributed by atoms with Crippen molar-refractivity contribution in [2.75, 3.05) is 17.2 Å². The van der Waals surface area contributed by atoms with Gasteiger partial charge in [0.1, 0.15) is 5.39 Å². The fraction of sp³-hybridized carbons (Fsp3) is 0.280. The highest BCUT2D eigenvalue weighted by Gasteiger charge is 2.32. The molecule has 4 aromatic rings. The van der Waals surface area contributed by atoms with Gasteiger partial charge in [-0.1, -0.05) is 42.1 Å². The minimum Gasteiger partial charge on any atom is -0.312 e. The summed E-state index contributed by atoms with van der Waals surface area (Å²) >= 11 is 1.53. The molecule has 33 heavy (non-hydrogen) atoms. The molecule has 8 heteroatoms. The summed E-state index contributed by atoms with van der Waals surface area (Å²) in [4.78, 5) is 33.4. The normalized spacial score (nSPS) is 17.2. The average Bonchev–Trinajstić information content (AvgIpc) is 3.43. The molecule has 0 saturated carbocycles. The molecule has 0 saturated heterocycles. The predicted molar refractivity (Wildman–Crippen MR) is 129 cm³/mol. The number of amides is 1. The monoisotopic (exact) mass is 457 g/mol. The van der Waals surface area contributed by atoms with Crippen molar-refractivity contribution < 1.29 is 4.79 Å². The van der Waals surface area contributed by atoms with Crippen molar-refractivity contribution in [1.29, 1.82) is 0 Å². The quantitative estimate of drug-likeness (QED) is 0.436. The lowest BCUT2D eigenvalue weighted by Crippen LogP contribution is -2.37. The first-order valence-electron chi connectivity index (χ1n) is 11.2. The number of para-hydroxylation sites is 1. The largest absolute Gasteiger partial charge is 0.312 e. The topological polar surface area (TPSA) is 73.0 Å². The standard InChI is InChI=1S/C25H23N5O2S/c1-16-6-4-9-18(12-16)30-23-20(14-26-30)24(32)29-19(15-33-25(29)27-23)13-22(31)28-11-5-8-17-7-2-3-10-21(17)28/h2-4,6-7,9-10,12,14,19H,5,8,11,13,15H2,1H3. The first-order valence-corrected chi connectivity index (χ1v) is 12.2. The molecule has 0 aliphatic carbocycles. The van der Waals surface area contributed by atoms with Crippen molar-refractivity contribution in [1.82, 2.24) is 19.3 Å². The van der Waals surface area contributed by atoms with E-state index in [0.717, 1.165) is 36.3 Å². The Morgan fingerprint density at radius 1 is 1.18 bits per heavy atom. The summed E-state index contributed by atoms with van der Waals surface area (Å²) in [6, 6.07) is 15.8. The molecule has 1 amide bonds. The van der Waals surface area contributed by atoms with Gasteiger partial charge in [0.05, 0.1) is 17.9 Å². The SMILES string of the molecule is Cc1cccc(-n2ncc3c(=O)n4c(nc32)SCC4CC(=O)N2CCCc3ccccc32)c1.